The summed E-state index contributed by atoms with van der Waals surface area (Å²) in [5.74, 6) is 0.229. The molecule has 0 aliphatic carbocycles. The zero-order valence-electron chi connectivity index (χ0n) is 13.7. The third-order valence-electron chi connectivity index (χ3n) is 3.69. The summed E-state index contributed by atoms with van der Waals surface area (Å²) in [6.07, 6.45) is 1.97. The summed E-state index contributed by atoms with van der Waals surface area (Å²) in [6.45, 7) is 4.72. The molecule has 22 heavy (non-hydrogen) atoms. The Bertz CT molecular complexity index is 633. The number of rotatable bonds is 5. The molecule has 0 radical (unpaired) electrons. The van der Waals surface area contributed by atoms with Gasteiger partial charge in [0.1, 0.15) is 6.04 Å². The van der Waals surface area contributed by atoms with Crippen molar-refractivity contribution in [2.45, 2.75) is 32.4 Å². The van der Waals surface area contributed by atoms with Crippen molar-refractivity contribution in [2.24, 2.45) is 12.8 Å². The monoisotopic (exact) mass is 300 g/mol. The molecule has 1 aromatic heterocycles. The van der Waals surface area contributed by atoms with Gasteiger partial charge in [-0.15, -0.1) is 0 Å². The third kappa shape index (κ3) is 3.54. The SMILES string of the molecule is CC(C)c1nn(C)cc1CN(C)C(=O)[C@H](N)c1ccccc1. The predicted octanol–water partition coefficient (Wildman–Crippen LogP) is 2.20. The number of carbonyl (C=O) groups excluding carboxylic acids is 1. The summed E-state index contributed by atoms with van der Waals surface area (Å²) in [7, 11) is 3.68. The van der Waals surface area contributed by atoms with Crippen LogP contribution < -0.4 is 5.73 Å². The van der Waals surface area contributed by atoms with Crippen LogP contribution in [0.4, 0.5) is 0 Å². The van der Waals surface area contributed by atoms with Gasteiger partial charge in [-0.1, -0.05) is 44.2 Å². The quantitative estimate of drug-likeness (QED) is 0.920. The van der Waals surface area contributed by atoms with E-state index in [4.69, 9.17) is 5.73 Å². The first-order valence-electron chi connectivity index (χ1n) is 7.48. The molecule has 2 N–H and O–H groups in total. The molecule has 2 rings (SSSR count). The molecule has 1 atom stereocenters. The maximum Gasteiger partial charge on any atom is 0.244 e. The van der Waals surface area contributed by atoms with Gasteiger partial charge in [-0.25, -0.2) is 0 Å². The topological polar surface area (TPSA) is 64.2 Å². The van der Waals surface area contributed by atoms with Crippen molar-refractivity contribution in [1.29, 1.82) is 0 Å². The largest absolute Gasteiger partial charge is 0.340 e. The fourth-order valence-corrected chi connectivity index (χ4v) is 2.54. The summed E-state index contributed by atoms with van der Waals surface area (Å²) in [4.78, 5) is 14.2. The van der Waals surface area contributed by atoms with E-state index in [0.717, 1.165) is 16.8 Å². The number of amides is 1. The highest BCUT2D eigenvalue weighted by atomic mass is 16.2. The molecule has 1 amide bonds. The predicted molar refractivity (Wildman–Crippen MR) is 87.1 cm³/mol. The minimum absolute atomic E-state index is 0.0928. The van der Waals surface area contributed by atoms with E-state index in [1.807, 2.05) is 43.6 Å². The molecular formula is C17H24N4O. The fraction of sp³-hybridized carbons (Fsp3) is 0.412. The van der Waals surface area contributed by atoms with Gasteiger partial charge in [-0.2, -0.15) is 5.10 Å². The molecule has 1 heterocycles. The van der Waals surface area contributed by atoms with Gasteiger partial charge in [0.2, 0.25) is 5.91 Å². The van der Waals surface area contributed by atoms with Crippen molar-refractivity contribution >= 4 is 5.91 Å². The summed E-state index contributed by atoms with van der Waals surface area (Å²) >= 11 is 0. The summed E-state index contributed by atoms with van der Waals surface area (Å²) in [6, 6.07) is 8.81. The lowest BCUT2D eigenvalue weighted by Gasteiger charge is -2.22. The second-order valence-electron chi connectivity index (χ2n) is 5.95. The normalized spacial score (nSPS) is 12.5. The van der Waals surface area contributed by atoms with Crippen LogP contribution in [0, 0.1) is 0 Å². The lowest BCUT2D eigenvalue weighted by atomic mass is 10.0. The minimum atomic E-state index is -0.634. The second kappa shape index (κ2) is 6.75. The van der Waals surface area contributed by atoms with Gasteiger partial charge in [0, 0.05) is 32.4 Å². The summed E-state index contributed by atoms with van der Waals surface area (Å²) in [5, 5.41) is 4.47. The van der Waals surface area contributed by atoms with E-state index in [-0.39, 0.29) is 5.91 Å². The minimum Gasteiger partial charge on any atom is -0.340 e. The van der Waals surface area contributed by atoms with Crippen LogP contribution >= 0.6 is 0 Å². The number of benzene rings is 1. The molecule has 0 aliphatic rings. The van der Waals surface area contributed by atoms with E-state index in [0.29, 0.717) is 12.5 Å². The van der Waals surface area contributed by atoms with Gasteiger partial charge in [-0.3, -0.25) is 9.48 Å². The van der Waals surface area contributed by atoms with Crippen LogP contribution in [0.25, 0.3) is 0 Å². The molecule has 0 fully saturated rings. The molecule has 5 heteroatoms. The van der Waals surface area contributed by atoms with Crippen LogP contribution in [0.2, 0.25) is 0 Å². The average molecular weight is 300 g/mol. The first-order valence-corrected chi connectivity index (χ1v) is 7.48. The Hall–Kier alpha value is -2.14. The number of hydrogen-bond acceptors (Lipinski definition) is 3. The number of aromatic nitrogens is 2. The molecule has 0 aliphatic heterocycles. The average Bonchev–Trinajstić information content (AvgIpc) is 2.87. The molecule has 0 unspecified atom stereocenters. The second-order valence-corrected chi connectivity index (χ2v) is 5.95. The van der Waals surface area contributed by atoms with Crippen LogP contribution in [0.15, 0.2) is 36.5 Å². The highest BCUT2D eigenvalue weighted by Gasteiger charge is 2.21. The van der Waals surface area contributed by atoms with E-state index < -0.39 is 6.04 Å². The van der Waals surface area contributed by atoms with Crippen molar-refractivity contribution in [1.82, 2.24) is 14.7 Å². The Morgan fingerprint density at radius 3 is 2.55 bits per heavy atom. The zero-order chi connectivity index (χ0) is 16.3. The first kappa shape index (κ1) is 16.2. The van der Waals surface area contributed by atoms with Crippen LogP contribution in [-0.2, 0) is 18.4 Å². The fourth-order valence-electron chi connectivity index (χ4n) is 2.54. The number of nitrogens with zero attached hydrogens (tertiary/aromatic N) is 3. The van der Waals surface area contributed by atoms with Crippen molar-refractivity contribution in [3.63, 3.8) is 0 Å². The van der Waals surface area contributed by atoms with Crippen LogP contribution in [0.1, 0.15) is 42.6 Å². The Balaban J connectivity index is 2.12. The van der Waals surface area contributed by atoms with Crippen LogP contribution in [0.3, 0.4) is 0 Å². The number of likely N-dealkylation sites (N-methyl/N-ethyl adjacent to an activating group) is 1. The van der Waals surface area contributed by atoms with Crippen LogP contribution in [-0.4, -0.2) is 27.6 Å². The molecule has 0 spiro atoms. The Morgan fingerprint density at radius 1 is 1.32 bits per heavy atom. The van der Waals surface area contributed by atoms with Crippen LogP contribution in [0.5, 0.6) is 0 Å². The van der Waals surface area contributed by atoms with E-state index in [9.17, 15) is 4.79 Å². The molecule has 0 bridgehead atoms. The maximum atomic E-state index is 12.5. The Morgan fingerprint density at radius 2 is 1.95 bits per heavy atom. The molecule has 0 saturated carbocycles. The number of hydrogen-bond donors (Lipinski definition) is 1. The van der Waals surface area contributed by atoms with E-state index in [2.05, 4.69) is 18.9 Å². The highest BCUT2D eigenvalue weighted by molar-refractivity contribution is 5.82. The highest BCUT2D eigenvalue weighted by Crippen LogP contribution is 2.20. The van der Waals surface area contributed by atoms with Gasteiger partial charge in [0.25, 0.3) is 0 Å². The molecule has 0 saturated heterocycles. The van der Waals surface area contributed by atoms with E-state index in [1.54, 1.807) is 16.6 Å². The zero-order valence-corrected chi connectivity index (χ0v) is 13.7. The number of aryl methyl sites for hydroxylation is 1. The first-order chi connectivity index (χ1) is 10.4. The molecular weight excluding hydrogens is 276 g/mol. The molecule has 5 nitrogen and oxygen atoms in total. The van der Waals surface area contributed by atoms with Gasteiger partial charge < -0.3 is 10.6 Å². The van der Waals surface area contributed by atoms with E-state index in [1.165, 1.54) is 0 Å². The third-order valence-corrected chi connectivity index (χ3v) is 3.69. The molecule has 118 valence electrons. The van der Waals surface area contributed by atoms with Gasteiger partial charge >= 0.3 is 0 Å². The van der Waals surface area contributed by atoms with Crippen molar-refractivity contribution in [2.75, 3.05) is 7.05 Å². The maximum absolute atomic E-state index is 12.5. The van der Waals surface area contributed by atoms with Crippen molar-refractivity contribution in [3.8, 4) is 0 Å². The smallest absolute Gasteiger partial charge is 0.244 e. The van der Waals surface area contributed by atoms with Gasteiger partial charge in [-0.05, 0) is 11.5 Å². The van der Waals surface area contributed by atoms with Crippen molar-refractivity contribution < 1.29 is 4.79 Å². The lowest BCUT2D eigenvalue weighted by molar-refractivity contribution is -0.132. The van der Waals surface area contributed by atoms with Gasteiger partial charge in [0.05, 0.1) is 5.69 Å². The number of nitrogens with two attached hydrogens (primary N) is 1. The van der Waals surface area contributed by atoms with Gasteiger partial charge in [0.15, 0.2) is 0 Å². The lowest BCUT2D eigenvalue weighted by Crippen LogP contribution is -2.35. The summed E-state index contributed by atoms with van der Waals surface area (Å²) < 4.78 is 1.79. The molecule has 2 aromatic rings. The number of carbonyl (C=O) groups is 1. The Labute approximate surface area is 131 Å². The summed E-state index contributed by atoms with van der Waals surface area (Å²) in [5.41, 5.74) is 9.00. The Kier molecular flexibility index (Phi) is 4.98. The molecule has 1 aromatic carbocycles. The standard InChI is InChI=1S/C17H24N4O/c1-12(2)16-14(11-21(4)19-16)10-20(3)17(22)15(18)13-8-6-5-7-9-13/h5-9,11-12,15H,10,18H2,1-4H3/t15-/m1/s1. The van der Waals surface area contributed by atoms with Crippen molar-refractivity contribution in [3.05, 3.63) is 53.3 Å². The van der Waals surface area contributed by atoms with E-state index >= 15 is 0 Å².